The molecule has 0 spiro atoms. The van der Waals surface area contributed by atoms with Crippen molar-refractivity contribution in [1.29, 1.82) is 0 Å². The van der Waals surface area contributed by atoms with E-state index in [9.17, 15) is 14.7 Å². The third-order valence-corrected chi connectivity index (χ3v) is 7.96. The van der Waals surface area contributed by atoms with E-state index in [0.29, 0.717) is 42.2 Å². The fourth-order valence-electron chi connectivity index (χ4n) is 5.70. The molecule has 0 bridgehead atoms. The third kappa shape index (κ3) is 6.49. The molecule has 1 aromatic heterocycles. The van der Waals surface area contributed by atoms with Crippen molar-refractivity contribution in [3.05, 3.63) is 131 Å². The largest absolute Gasteiger partial charge is 0.391 e. The topological polar surface area (TPSA) is 99.8 Å². The Bertz CT molecular complexity index is 1720. The highest BCUT2D eigenvalue weighted by atomic mass is 16.5. The Morgan fingerprint density at radius 1 is 0.884 bits per heavy atom. The fourth-order valence-corrected chi connectivity index (χ4v) is 5.70. The van der Waals surface area contributed by atoms with Gasteiger partial charge in [-0.1, -0.05) is 78.0 Å². The van der Waals surface area contributed by atoms with E-state index in [1.807, 2.05) is 72.8 Å². The lowest BCUT2D eigenvalue weighted by atomic mass is 10.0. The zero-order chi connectivity index (χ0) is 29.8. The molecule has 0 radical (unpaired) electrons. The summed E-state index contributed by atoms with van der Waals surface area (Å²) in [4.78, 5) is 34.6. The summed E-state index contributed by atoms with van der Waals surface area (Å²) < 4.78 is 5.58. The first-order chi connectivity index (χ1) is 20.9. The average molecular weight is 575 g/mol. The van der Waals surface area contributed by atoms with E-state index in [4.69, 9.17) is 4.52 Å². The summed E-state index contributed by atoms with van der Waals surface area (Å²) in [5.41, 5.74) is 3.40. The summed E-state index contributed by atoms with van der Waals surface area (Å²) in [6.45, 7) is 0.706. The van der Waals surface area contributed by atoms with E-state index in [1.165, 1.54) is 5.56 Å². The van der Waals surface area contributed by atoms with Crippen molar-refractivity contribution in [3.63, 3.8) is 0 Å². The molecule has 0 unspecified atom stereocenters. The Morgan fingerprint density at radius 3 is 2.26 bits per heavy atom. The van der Waals surface area contributed by atoms with Crippen LogP contribution < -0.4 is 0 Å². The zero-order valence-electron chi connectivity index (χ0n) is 24.1. The van der Waals surface area contributed by atoms with Gasteiger partial charge in [0.05, 0.1) is 6.10 Å². The summed E-state index contributed by atoms with van der Waals surface area (Å²) in [5, 5.41) is 16.3. The number of rotatable bonds is 9. The van der Waals surface area contributed by atoms with Crippen LogP contribution >= 0.6 is 0 Å². The minimum absolute atomic E-state index is 0.0706. The molecule has 1 aliphatic rings. The van der Waals surface area contributed by atoms with Crippen LogP contribution in [0, 0.1) is 0 Å². The number of hydrogen-bond acceptors (Lipinski definition) is 6. The van der Waals surface area contributed by atoms with Crippen LogP contribution in [0.5, 0.6) is 0 Å². The molecule has 1 N–H and O–H groups in total. The zero-order valence-corrected chi connectivity index (χ0v) is 24.1. The van der Waals surface area contributed by atoms with Crippen molar-refractivity contribution in [2.24, 2.45) is 0 Å². The lowest BCUT2D eigenvalue weighted by Crippen LogP contribution is -2.32. The second-order valence-corrected chi connectivity index (χ2v) is 11.2. The van der Waals surface area contributed by atoms with Gasteiger partial charge in [0, 0.05) is 44.1 Å². The monoisotopic (exact) mass is 574 g/mol. The molecule has 43 heavy (non-hydrogen) atoms. The normalized spacial score (nSPS) is 16.5. The number of aromatic nitrogens is 2. The summed E-state index contributed by atoms with van der Waals surface area (Å²) in [5.74, 6) is 0.669. The molecule has 6 rings (SSSR count). The van der Waals surface area contributed by atoms with E-state index < -0.39 is 12.1 Å². The summed E-state index contributed by atoms with van der Waals surface area (Å²) in [6.07, 6.45) is 2.13. The molecule has 2 amide bonds. The van der Waals surface area contributed by atoms with Gasteiger partial charge in [-0.2, -0.15) is 4.98 Å². The number of carbonyl (C=O) groups excluding carboxylic acids is 2. The Labute approximate surface area is 250 Å². The summed E-state index contributed by atoms with van der Waals surface area (Å²) in [6, 6.07) is 30.6. The lowest BCUT2D eigenvalue weighted by Gasteiger charge is -2.22. The van der Waals surface area contributed by atoms with Crippen LogP contribution in [0.2, 0.25) is 0 Å². The van der Waals surface area contributed by atoms with Gasteiger partial charge in [-0.3, -0.25) is 9.59 Å². The van der Waals surface area contributed by atoms with Gasteiger partial charge in [-0.15, -0.1) is 0 Å². The number of likely N-dealkylation sites (tertiary alicyclic amines) is 1. The molecule has 1 fully saturated rings. The van der Waals surface area contributed by atoms with Gasteiger partial charge in [0.1, 0.15) is 6.04 Å². The first-order valence-corrected chi connectivity index (χ1v) is 14.6. The maximum absolute atomic E-state index is 13.7. The van der Waals surface area contributed by atoms with Crippen molar-refractivity contribution in [2.75, 3.05) is 13.6 Å². The van der Waals surface area contributed by atoms with Gasteiger partial charge in [0.25, 0.3) is 11.8 Å². The number of β-amino-alcohol motifs (C(OH)–C–C–N with tert-alkyl or cyclic N) is 1. The van der Waals surface area contributed by atoms with E-state index in [0.717, 1.165) is 29.2 Å². The van der Waals surface area contributed by atoms with Crippen LogP contribution in [0.15, 0.2) is 102 Å². The smallest absolute Gasteiger partial charge is 0.254 e. The molecule has 8 heteroatoms. The number of amides is 2. The predicted octanol–water partition coefficient (Wildman–Crippen LogP) is 5.62. The molecule has 1 saturated heterocycles. The van der Waals surface area contributed by atoms with Crippen LogP contribution in [0.3, 0.4) is 0 Å². The van der Waals surface area contributed by atoms with Gasteiger partial charge >= 0.3 is 0 Å². The summed E-state index contributed by atoms with van der Waals surface area (Å²) in [7, 11) is 1.79. The second-order valence-electron chi connectivity index (χ2n) is 11.2. The minimum Gasteiger partial charge on any atom is -0.391 e. The van der Waals surface area contributed by atoms with Crippen molar-refractivity contribution < 1.29 is 19.2 Å². The molecule has 1 aliphatic heterocycles. The Morgan fingerprint density at radius 2 is 1.53 bits per heavy atom. The molecule has 0 aliphatic carbocycles. The SMILES string of the molecule is CN(Cc1ccccc1)C(=O)c1ccc2cc(C(=O)N3C[C@H](O)C[C@H]3c3nc(CCCc4ccccc4)no3)ccc2c1. The second kappa shape index (κ2) is 12.6. The van der Waals surface area contributed by atoms with E-state index in [2.05, 4.69) is 22.3 Å². The number of hydrogen-bond donors (Lipinski definition) is 1. The molecular weight excluding hydrogens is 540 g/mol. The third-order valence-electron chi connectivity index (χ3n) is 7.96. The minimum atomic E-state index is -0.677. The number of benzene rings is 4. The number of nitrogens with zero attached hydrogens (tertiary/aromatic N) is 4. The van der Waals surface area contributed by atoms with Gasteiger partial charge < -0.3 is 19.4 Å². The molecule has 5 aromatic rings. The maximum Gasteiger partial charge on any atom is 0.254 e. The van der Waals surface area contributed by atoms with Crippen LogP contribution in [0.1, 0.15) is 62.4 Å². The summed E-state index contributed by atoms with van der Waals surface area (Å²) >= 11 is 0. The highest BCUT2D eigenvalue weighted by molar-refractivity contribution is 6.02. The Kier molecular flexibility index (Phi) is 8.29. The van der Waals surface area contributed by atoms with Crippen molar-refractivity contribution in [3.8, 4) is 0 Å². The van der Waals surface area contributed by atoms with Gasteiger partial charge in [0.15, 0.2) is 5.82 Å². The van der Waals surface area contributed by atoms with Gasteiger partial charge in [-0.05, 0) is 59.0 Å². The van der Waals surface area contributed by atoms with Crippen LogP contribution in [-0.2, 0) is 19.4 Å². The molecule has 0 saturated carbocycles. The molecule has 4 aromatic carbocycles. The Balaban J connectivity index is 1.13. The average Bonchev–Trinajstić information content (AvgIpc) is 3.67. The van der Waals surface area contributed by atoms with E-state index >= 15 is 0 Å². The van der Waals surface area contributed by atoms with Crippen LogP contribution in [0.25, 0.3) is 10.8 Å². The van der Waals surface area contributed by atoms with Gasteiger partial charge in [-0.25, -0.2) is 0 Å². The molecule has 8 nitrogen and oxygen atoms in total. The van der Waals surface area contributed by atoms with E-state index in [1.54, 1.807) is 29.0 Å². The Hall–Kier alpha value is -4.82. The van der Waals surface area contributed by atoms with E-state index in [-0.39, 0.29) is 18.4 Å². The predicted molar refractivity (Wildman–Crippen MR) is 163 cm³/mol. The number of fused-ring (bicyclic) bond motifs is 1. The lowest BCUT2D eigenvalue weighted by molar-refractivity contribution is 0.0693. The number of aryl methyl sites for hydroxylation is 2. The molecule has 218 valence electrons. The highest BCUT2D eigenvalue weighted by Crippen LogP contribution is 2.33. The first kappa shape index (κ1) is 28.3. The van der Waals surface area contributed by atoms with Crippen molar-refractivity contribution >= 4 is 22.6 Å². The quantitative estimate of drug-likeness (QED) is 0.245. The highest BCUT2D eigenvalue weighted by Gasteiger charge is 2.39. The maximum atomic E-state index is 13.7. The first-order valence-electron chi connectivity index (χ1n) is 14.6. The number of aliphatic hydroxyl groups excluding tert-OH is 1. The number of carbonyl (C=O) groups is 2. The molecule has 2 heterocycles. The van der Waals surface area contributed by atoms with Gasteiger partial charge in [0.2, 0.25) is 5.89 Å². The van der Waals surface area contributed by atoms with Crippen LogP contribution in [0.4, 0.5) is 0 Å². The molecular formula is C35H34N4O4. The van der Waals surface area contributed by atoms with Crippen molar-refractivity contribution in [2.45, 2.75) is 44.4 Å². The fraction of sp³-hybridized carbons (Fsp3) is 0.257. The van der Waals surface area contributed by atoms with Crippen LogP contribution in [-0.4, -0.2) is 56.6 Å². The number of aliphatic hydroxyl groups is 1. The molecule has 2 atom stereocenters. The van der Waals surface area contributed by atoms with Crippen molar-refractivity contribution in [1.82, 2.24) is 19.9 Å². The standard InChI is InChI=1S/C35H34N4O4/c1-38(22-25-11-6-3-7-12-25)34(41)28-17-15-27-20-29(18-16-26(27)19-28)35(42)39-23-30(40)21-31(39)33-36-32(37-43-33)14-8-13-24-9-4-2-5-10-24/h2-7,9-12,15-20,30-31,40H,8,13-14,21-23H2,1H3/t30-,31+/m1/s1.